The Morgan fingerprint density at radius 3 is 2.56 bits per heavy atom. The first-order valence-corrected chi connectivity index (χ1v) is 5.75. The van der Waals surface area contributed by atoms with E-state index in [1.54, 1.807) is 0 Å². The number of ether oxygens (including phenoxy) is 1. The van der Waals surface area contributed by atoms with Crippen LogP contribution in [-0.2, 0) is 0 Å². The van der Waals surface area contributed by atoms with E-state index in [9.17, 15) is 14.9 Å². The van der Waals surface area contributed by atoms with E-state index < -0.39 is 11.0 Å². The zero-order valence-electron chi connectivity index (χ0n) is 10.4. The lowest BCUT2D eigenvalue weighted by atomic mass is 10.2. The van der Waals surface area contributed by atoms with Crippen LogP contribution < -0.4 is 10.1 Å². The molecule has 0 spiro atoms. The lowest BCUT2D eigenvalue weighted by Crippen LogP contribution is -2.34. The van der Waals surface area contributed by atoms with Crippen molar-refractivity contribution < 1.29 is 14.5 Å². The molecule has 0 saturated carbocycles. The topological polar surface area (TPSA) is 81.5 Å². The zero-order chi connectivity index (χ0) is 13.5. The molecule has 0 fully saturated rings. The van der Waals surface area contributed by atoms with E-state index in [0.717, 1.165) is 12.8 Å². The van der Waals surface area contributed by atoms with Gasteiger partial charge in [0.15, 0.2) is 0 Å². The van der Waals surface area contributed by atoms with E-state index in [4.69, 9.17) is 4.74 Å². The van der Waals surface area contributed by atoms with Crippen molar-refractivity contribution in [2.24, 2.45) is 0 Å². The Morgan fingerprint density at radius 1 is 1.44 bits per heavy atom. The van der Waals surface area contributed by atoms with Gasteiger partial charge < -0.3 is 10.1 Å². The molecule has 1 rings (SSSR count). The molecule has 0 radical (unpaired) electrons. The molecule has 1 N–H and O–H groups in total. The lowest BCUT2D eigenvalue weighted by molar-refractivity contribution is -0.384. The van der Waals surface area contributed by atoms with Gasteiger partial charge in [0, 0.05) is 18.2 Å². The van der Waals surface area contributed by atoms with Gasteiger partial charge in [-0.2, -0.15) is 0 Å². The maximum Gasteiger partial charge on any atom is 0.412 e. The van der Waals surface area contributed by atoms with Crippen LogP contribution in [0.4, 0.5) is 10.5 Å². The van der Waals surface area contributed by atoms with E-state index in [1.807, 2.05) is 13.8 Å². The number of nitro groups is 1. The molecule has 6 nitrogen and oxygen atoms in total. The summed E-state index contributed by atoms with van der Waals surface area (Å²) in [5.41, 5.74) is -0.0397. The molecule has 1 aromatic carbocycles. The molecule has 0 aliphatic heterocycles. The molecule has 1 atom stereocenters. The minimum Gasteiger partial charge on any atom is -0.410 e. The molecule has 0 heterocycles. The normalized spacial score (nSPS) is 11.7. The lowest BCUT2D eigenvalue weighted by Gasteiger charge is -2.12. The van der Waals surface area contributed by atoms with Gasteiger partial charge in [-0.15, -0.1) is 0 Å². The molecule has 1 aromatic rings. The number of nitrogens with zero attached hydrogens (tertiary/aromatic N) is 1. The van der Waals surface area contributed by atoms with E-state index in [1.165, 1.54) is 24.3 Å². The van der Waals surface area contributed by atoms with E-state index in [2.05, 4.69) is 5.32 Å². The SMILES string of the molecule is CCCC(C)NC(=O)Oc1ccc([N+](=O)[O-])cc1. The number of non-ortho nitro benzene ring substituents is 1. The Bertz CT molecular complexity index is 417. The minimum absolute atomic E-state index is 0.0397. The Labute approximate surface area is 105 Å². The monoisotopic (exact) mass is 252 g/mol. The molecule has 0 saturated heterocycles. The molecule has 1 unspecified atom stereocenters. The highest BCUT2D eigenvalue weighted by atomic mass is 16.6. The molecular formula is C12H16N2O4. The largest absolute Gasteiger partial charge is 0.412 e. The second-order valence-electron chi connectivity index (χ2n) is 3.97. The van der Waals surface area contributed by atoms with Crippen LogP contribution in [0, 0.1) is 10.1 Å². The number of hydrogen-bond acceptors (Lipinski definition) is 4. The molecule has 0 aliphatic carbocycles. The summed E-state index contributed by atoms with van der Waals surface area (Å²) in [4.78, 5) is 21.4. The van der Waals surface area contributed by atoms with Gasteiger partial charge in [-0.05, 0) is 25.5 Å². The molecule has 1 amide bonds. The van der Waals surface area contributed by atoms with Crippen molar-refractivity contribution in [1.29, 1.82) is 0 Å². The van der Waals surface area contributed by atoms with Crippen molar-refractivity contribution in [2.45, 2.75) is 32.7 Å². The molecule has 0 aromatic heterocycles. The van der Waals surface area contributed by atoms with E-state index in [0.29, 0.717) is 0 Å². The van der Waals surface area contributed by atoms with Crippen molar-refractivity contribution in [3.63, 3.8) is 0 Å². The first-order valence-electron chi connectivity index (χ1n) is 5.75. The summed E-state index contributed by atoms with van der Waals surface area (Å²) in [5.74, 6) is 0.279. The number of benzene rings is 1. The van der Waals surface area contributed by atoms with E-state index in [-0.39, 0.29) is 17.5 Å². The molecule has 98 valence electrons. The quantitative estimate of drug-likeness (QED) is 0.645. The predicted molar refractivity (Wildman–Crippen MR) is 66.6 cm³/mol. The van der Waals surface area contributed by atoms with Gasteiger partial charge >= 0.3 is 6.09 Å². The van der Waals surface area contributed by atoms with E-state index >= 15 is 0 Å². The van der Waals surface area contributed by atoms with Crippen molar-refractivity contribution in [3.05, 3.63) is 34.4 Å². The maximum absolute atomic E-state index is 11.4. The third-order valence-electron chi connectivity index (χ3n) is 2.34. The number of nitro benzene ring substituents is 1. The van der Waals surface area contributed by atoms with Crippen LogP contribution in [0.25, 0.3) is 0 Å². The fraction of sp³-hybridized carbons (Fsp3) is 0.417. The number of nitrogens with one attached hydrogen (secondary N) is 1. The molecule has 0 bridgehead atoms. The smallest absolute Gasteiger partial charge is 0.410 e. The summed E-state index contributed by atoms with van der Waals surface area (Å²) >= 11 is 0. The van der Waals surface area contributed by atoms with Gasteiger partial charge in [0.2, 0.25) is 0 Å². The highest BCUT2D eigenvalue weighted by molar-refractivity contribution is 5.70. The highest BCUT2D eigenvalue weighted by Gasteiger charge is 2.10. The van der Waals surface area contributed by atoms with Crippen LogP contribution in [-0.4, -0.2) is 17.1 Å². The molecule has 6 heteroatoms. The van der Waals surface area contributed by atoms with Gasteiger partial charge in [-0.1, -0.05) is 13.3 Å². The van der Waals surface area contributed by atoms with Crippen molar-refractivity contribution >= 4 is 11.8 Å². The Kier molecular flexibility index (Phi) is 5.10. The third kappa shape index (κ3) is 4.40. The molecule has 18 heavy (non-hydrogen) atoms. The van der Waals surface area contributed by atoms with Crippen molar-refractivity contribution in [3.8, 4) is 5.75 Å². The average Bonchev–Trinajstić information content (AvgIpc) is 2.29. The number of amides is 1. The number of rotatable bonds is 5. The standard InChI is InChI=1S/C12H16N2O4/c1-3-4-9(2)13-12(15)18-11-7-5-10(6-8-11)14(16)17/h5-9H,3-4H2,1-2H3,(H,13,15). The minimum atomic E-state index is -0.551. The summed E-state index contributed by atoms with van der Waals surface area (Å²) in [6.45, 7) is 3.92. The number of carbonyl (C=O) groups excluding carboxylic acids is 1. The van der Waals surface area contributed by atoms with Crippen LogP contribution in [0.15, 0.2) is 24.3 Å². The van der Waals surface area contributed by atoms with Gasteiger partial charge in [-0.25, -0.2) is 4.79 Å². The Morgan fingerprint density at radius 2 is 2.06 bits per heavy atom. The van der Waals surface area contributed by atoms with Crippen LogP contribution in [0.5, 0.6) is 5.75 Å². The fourth-order valence-electron chi connectivity index (χ4n) is 1.48. The predicted octanol–water partition coefficient (Wildman–Crippen LogP) is 2.87. The number of hydrogen-bond donors (Lipinski definition) is 1. The summed E-state index contributed by atoms with van der Waals surface area (Å²) in [6.07, 6.45) is 1.29. The van der Waals surface area contributed by atoms with Gasteiger partial charge in [0.1, 0.15) is 5.75 Å². The van der Waals surface area contributed by atoms with Gasteiger partial charge in [0.25, 0.3) is 5.69 Å². The summed E-state index contributed by atoms with van der Waals surface area (Å²) in [7, 11) is 0. The summed E-state index contributed by atoms with van der Waals surface area (Å²) in [6, 6.07) is 5.40. The van der Waals surface area contributed by atoms with Gasteiger partial charge in [0.05, 0.1) is 4.92 Å². The second kappa shape index (κ2) is 6.58. The summed E-state index contributed by atoms with van der Waals surface area (Å²) in [5, 5.41) is 13.1. The first-order chi connectivity index (χ1) is 8.52. The van der Waals surface area contributed by atoms with Crippen LogP contribution in [0.1, 0.15) is 26.7 Å². The maximum atomic E-state index is 11.4. The second-order valence-corrected chi connectivity index (χ2v) is 3.97. The average molecular weight is 252 g/mol. The Hall–Kier alpha value is -2.11. The Balaban J connectivity index is 2.51. The molecule has 0 aliphatic rings. The van der Waals surface area contributed by atoms with Crippen LogP contribution in [0.3, 0.4) is 0 Å². The third-order valence-corrected chi connectivity index (χ3v) is 2.34. The fourth-order valence-corrected chi connectivity index (χ4v) is 1.48. The van der Waals surface area contributed by atoms with Gasteiger partial charge in [-0.3, -0.25) is 10.1 Å². The van der Waals surface area contributed by atoms with Crippen LogP contribution in [0.2, 0.25) is 0 Å². The summed E-state index contributed by atoms with van der Waals surface area (Å²) < 4.78 is 4.99. The van der Waals surface area contributed by atoms with Crippen molar-refractivity contribution in [1.82, 2.24) is 5.32 Å². The zero-order valence-corrected chi connectivity index (χ0v) is 10.4. The number of carbonyl (C=O) groups is 1. The molecular weight excluding hydrogens is 236 g/mol. The van der Waals surface area contributed by atoms with Crippen LogP contribution >= 0.6 is 0 Å². The highest BCUT2D eigenvalue weighted by Crippen LogP contribution is 2.17. The first kappa shape index (κ1) is 14.0. The van der Waals surface area contributed by atoms with Crippen molar-refractivity contribution in [2.75, 3.05) is 0 Å².